The molecule has 1 rings (SSSR count). The van der Waals surface area contributed by atoms with Crippen molar-refractivity contribution in [1.29, 1.82) is 0 Å². The van der Waals surface area contributed by atoms with Crippen molar-refractivity contribution in [3.63, 3.8) is 0 Å². The molecule has 0 aliphatic carbocycles. The Balaban J connectivity index is 0. The van der Waals surface area contributed by atoms with E-state index in [2.05, 4.69) is 0 Å². The lowest BCUT2D eigenvalue weighted by Gasteiger charge is -1.87. The molecule has 16 heavy (non-hydrogen) atoms. The Morgan fingerprint density at radius 3 is 1.69 bits per heavy atom. The zero-order valence-electron chi connectivity index (χ0n) is 7.89. The maximum absolute atomic E-state index is 11.7. The summed E-state index contributed by atoms with van der Waals surface area (Å²) in [4.78, 5) is 18.9. The van der Waals surface area contributed by atoms with Gasteiger partial charge in [-0.15, -0.1) is 0 Å². The molecular weight excluding hydrogens is 227 g/mol. The number of benzene rings is 1. The second-order valence-corrected chi connectivity index (χ2v) is 2.58. The Labute approximate surface area is 108 Å². The number of alkyl halides is 1. The molecule has 0 saturated carbocycles. The predicted octanol–water partition coefficient (Wildman–Crippen LogP) is 0.786. The molecular formula is C10H13FMgO4. The van der Waals surface area contributed by atoms with Crippen molar-refractivity contribution in [2.24, 2.45) is 0 Å². The van der Waals surface area contributed by atoms with Crippen molar-refractivity contribution < 1.29 is 24.2 Å². The fourth-order valence-electron chi connectivity index (χ4n) is 0.696. The summed E-state index contributed by atoms with van der Waals surface area (Å²) in [6.45, 7) is -0.360. The standard InChI is InChI=1S/C7H7F.C3H4O4.Mg.2H/c8-6-7-4-2-1-3-5-7;4-2(5)1-3(6)7;;;/h1-5H,6H2;1H2,(H,4,5)(H,6,7);;;. The third kappa shape index (κ3) is 10.9. The van der Waals surface area contributed by atoms with E-state index in [4.69, 9.17) is 10.2 Å². The minimum absolute atomic E-state index is 0. The van der Waals surface area contributed by atoms with Gasteiger partial charge in [0, 0.05) is 0 Å². The molecule has 0 bridgehead atoms. The van der Waals surface area contributed by atoms with E-state index in [-0.39, 0.29) is 29.7 Å². The predicted molar refractivity (Wildman–Crippen MR) is 59.7 cm³/mol. The number of carbonyl (C=O) groups is 2. The van der Waals surface area contributed by atoms with Crippen LogP contribution in [0.5, 0.6) is 0 Å². The molecule has 2 N–H and O–H groups in total. The van der Waals surface area contributed by atoms with Crippen LogP contribution in [0.15, 0.2) is 30.3 Å². The Kier molecular flexibility index (Phi) is 11.2. The van der Waals surface area contributed by atoms with E-state index in [0.29, 0.717) is 0 Å². The van der Waals surface area contributed by atoms with Crippen LogP contribution in [0.4, 0.5) is 4.39 Å². The second kappa shape index (κ2) is 10.4. The first kappa shape index (κ1) is 17.3. The van der Waals surface area contributed by atoms with Gasteiger partial charge in [-0.1, -0.05) is 30.3 Å². The molecule has 0 unspecified atom stereocenters. The summed E-state index contributed by atoms with van der Waals surface area (Å²) in [6.07, 6.45) is -0.806. The molecule has 0 fully saturated rings. The molecule has 86 valence electrons. The summed E-state index contributed by atoms with van der Waals surface area (Å²) in [6, 6.07) is 9.06. The quantitative estimate of drug-likeness (QED) is 0.605. The lowest BCUT2D eigenvalue weighted by atomic mass is 10.2. The summed E-state index contributed by atoms with van der Waals surface area (Å²) in [5.74, 6) is -2.62. The molecule has 0 spiro atoms. The van der Waals surface area contributed by atoms with Crippen LogP contribution in [0.25, 0.3) is 0 Å². The largest absolute Gasteiger partial charge is 0.481 e. The van der Waals surface area contributed by atoms with Crippen LogP contribution in [-0.2, 0) is 16.3 Å². The summed E-state index contributed by atoms with van der Waals surface area (Å²) in [5, 5.41) is 15.4. The summed E-state index contributed by atoms with van der Waals surface area (Å²) >= 11 is 0. The Hall–Kier alpha value is -1.14. The van der Waals surface area contributed by atoms with Crippen molar-refractivity contribution in [1.82, 2.24) is 0 Å². The normalized spacial score (nSPS) is 8.06. The van der Waals surface area contributed by atoms with E-state index in [1.54, 1.807) is 12.1 Å². The molecule has 0 amide bonds. The van der Waals surface area contributed by atoms with Gasteiger partial charge in [0.1, 0.15) is 13.1 Å². The van der Waals surface area contributed by atoms with Gasteiger partial charge in [-0.3, -0.25) is 9.59 Å². The SMILES string of the molecule is FCc1ccccc1.O=C(O)CC(=O)O.[MgH2]. The number of halogens is 1. The molecule has 6 heteroatoms. The van der Waals surface area contributed by atoms with Gasteiger partial charge in [0.05, 0.1) is 0 Å². The van der Waals surface area contributed by atoms with E-state index < -0.39 is 18.4 Å². The molecule has 0 atom stereocenters. The first-order valence-corrected chi connectivity index (χ1v) is 4.09. The lowest BCUT2D eigenvalue weighted by molar-refractivity contribution is -0.147. The van der Waals surface area contributed by atoms with Crippen LogP contribution in [0, 0.1) is 0 Å². The molecule has 0 heterocycles. The molecule has 1 aromatic rings. The zero-order chi connectivity index (χ0) is 11.7. The Morgan fingerprint density at radius 2 is 1.50 bits per heavy atom. The fraction of sp³-hybridized carbons (Fsp3) is 0.200. The van der Waals surface area contributed by atoms with Crippen LogP contribution < -0.4 is 0 Å². The molecule has 0 radical (unpaired) electrons. The summed E-state index contributed by atoms with van der Waals surface area (Å²) in [5.41, 5.74) is 0.743. The molecule has 0 aromatic heterocycles. The molecule has 0 saturated heterocycles. The van der Waals surface area contributed by atoms with Crippen molar-refractivity contribution in [3.8, 4) is 0 Å². The van der Waals surface area contributed by atoms with Gasteiger partial charge >= 0.3 is 35.0 Å². The highest BCUT2D eigenvalue weighted by Gasteiger charge is 2.01. The highest BCUT2D eigenvalue weighted by atomic mass is 24.3. The van der Waals surface area contributed by atoms with E-state index in [1.165, 1.54) is 0 Å². The van der Waals surface area contributed by atoms with Gasteiger partial charge in [-0.2, -0.15) is 0 Å². The minimum Gasteiger partial charge on any atom is -0.481 e. The topological polar surface area (TPSA) is 74.6 Å². The molecule has 0 aliphatic heterocycles. The fourth-order valence-corrected chi connectivity index (χ4v) is 0.696. The van der Waals surface area contributed by atoms with E-state index in [0.717, 1.165) is 5.56 Å². The van der Waals surface area contributed by atoms with Crippen LogP contribution >= 0.6 is 0 Å². The van der Waals surface area contributed by atoms with Crippen LogP contribution in [0.1, 0.15) is 12.0 Å². The zero-order valence-corrected chi connectivity index (χ0v) is 7.89. The highest BCUT2D eigenvalue weighted by molar-refractivity contribution is 5.88. The van der Waals surface area contributed by atoms with E-state index in [1.807, 2.05) is 18.2 Å². The van der Waals surface area contributed by atoms with Gasteiger partial charge in [0.25, 0.3) is 0 Å². The Bertz CT molecular complexity index is 304. The number of carboxylic acids is 2. The molecule has 4 nitrogen and oxygen atoms in total. The van der Waals surface area contributed by atoms with Gasteiger partial charge in [-0.05, 0) is 5.56 Å². The van der Waals surface area contributed by atoms with Gasteiger partial charge < -0.3 is 10.2 Å². The van der Waals surface area contributed by atoms with Crippen molar-refractivity contribution >= 4 is 35.0 Å². The first-order valence-electron chi connectivity index (χ1n) is 4.09. The first-order chi connectivity index (χ1) is 7.06. The van der Waals surface area contributed by atoms with Gasteiger partial charge in [0.2, 0.25) is 0 Å². The maximum atomic E-state index is 11.7. The number of hydrogen-bond acceptors (Lipinski definition) is 2. The number of aliphatic carboxylic acids is 2. The Morgan fingerprint density at radius 1 is 1.06 bits per heavy atom. The van der Waals surface area contributed by atoms with Gasteiger partial charge in [-0.25, -0.2) is 4.39 Å². The van der Waals surface area contributed by atoms with Crippen LogP contribution in [-0.4, -0.2) is 45.2 Å². The highest BCUT2D eigenvalue weighted by Crippen LogP contribution is 1.98. The lowest BCUT2D eigenvalue weighted by Crippen LogP contribution is -2.03. The number of hydrogen-bond donors (Lipinski definition) is 2. The molecule has 0 aliphatic rings. The third-order valence-corrected chi connectivity index (χ3v) is 1.30. The average Bonchev–Trinajstić information content (AvgIpc) is 2.18. The van der Waals surface area contributed by atoms with Crippen molar-refractivity contribution in [2.75, 3.05) is 0 Å². The van der Waals surface area contributed by atoms with Crippen molar-refractivity contribution in [2.45, 2.75) is 13.1 Å². The van der Waals surface area contributed by atoms with E-state index in [9.17, 15) is 14.0 Å². The number of rotatable bonds is 3. The van der Waals surface area contributed by atoms with Crippen LogP contribution in [0.2, 0.25) is 0 Å². The van der Waals surface area contributed by atoms with E-state index >= 15 is 0 Å². The average molecular weight is 241 g/mol. The van der Waals surface area contributed by atoms with Crippen LogP contribution in [0.3, 0.4) is 0 Å². The number of carboxylic acid groups (broad SMARTS) is 2. The maximum Gasteiger partial charge on any atom is 0.316 e. The smallest absolute Gasteiger partial charge is 0.316 e. The van der Waals surface area contributed by atoms with Gasteiger partial charge in [0.15, 0.2) is 0 Å². The summed E-state index contributed by atoms with van der Waals surface area (Å²) < 4.78 is 11.7. The second-order valence-electron chi connectivity index (χ2n) is 2.58. The third-order valence-electron chi connectivity index (χ3n) is 1.30. The molecule has 1 aromatic carbocycles. The summed E-state index contributed by atoms with van der Waals surface area (Å²) in [7, 11) is 0. The monoisotopic (exact) mass is 240 g/mol. The van der Waals surface area contributed by atoms with Crippen molar-refractivity contribution in [3.05, 3.63) is 35.9 Å². The minimum atomic E-state index is -1.31.